The molecule has 1 aliphatic rings. The highest BCUT2D eigenvalue weighted by Crippen LogP contribution is 2.47. The second kappa shape index (κ2) is 2.88. The first-order valence-corrected chi connectivity index (χ1v) is 5.01. The highest BCUT2D eigenvalue weighted by Gasteiger charge is 2.48. The second-order valence-corrected chi connectivity index (χ2v) is 4.67. The molecule has 0 amide bonds. The number of hydrogen-bond acceptors (Lipinski definition) is 1. The first kappa shape index (κ1) is 9.32. The van der Waals surface area contributed by atoms with Gasteiger partial charge in [0.15, 0.2) is 0 Å². The predicted molar refractivity (Wildman–Crippen MR) is 56.4 cm³/mol. The number of hydrogen-bond donors (Lipinski definition) is 1. The maximum Gasteiger partial charge on any atom is 0.0595 e. The third-order valence-corrected chi connectivity index (χ3v) is 3.62. The smallest absolute Gasteiger partial charge is 0.0595 e. The summed E-state index contributed by atoms with van der Waals surface area (Å²) in [7, 11) is 0. The summed E-state index contributed by atoms with van der Waals surface area (Å²) in [6.45, 7) is 2.15. The maximum absolute atomic E-state index is 5.92. The molecule has 0 aromatic heterocycles. The van der Waals surface area contributed by atoms with Gasteiger partial charge in [-0.25, -0.2) is 0 Å². The van der Waals surface area contributed by atoms with Gasteiger partial charge in [-0.05, 0) is 24.1 Å². The van der Waals surface area contributed by atoms with Crippen molar-refractivity contribution in [2.75, 3.05) is 0 Å². The van der Waals surface area contributed by atoms with Gasteiger partial charge in [0.05, 0.1) is 10.0 Å². The van der Waals surface area contributed by atoms with E-state index in [9.17, 15) is 0 Å². The SMILES string of the molecule is CC1(c2ccc(Cl)c(Cl)c2)CC1N. The molecule has 1 aromatic rings. The van der Waals surface area contributed by atoms with Gasteiger partial charge < -0.3 is 5.73 Å². The van der Waals surface area contributed by atoms with Crippen molar-refractivity contribution in [3.8, 4) is 0 Å². The van der Waals surface area contributed by atoms with Crippen LogP contribution in [-0.2, 0) is 5.41 Å². The molecule has 1 aliphatic carbocycles. The van der Waals surface area contributed by atoms with Crippen LogP contribution in [-0.4, -0.2) is 6.04 Å². The van der Waals surface area contributed by atoms with Crippen LogP contribution in [0.5, 0.6) is 0 Å². The van der Waals surface area contributed by atoms with E-state index in [0.29, 0.717) is 10.0 Å². The minimum atomic E-state index is 0.119. The molecule has 2 unspecified atom stereocenters. The Morgan fingerprint density at radius 3 is 2.46 bits per heavy atom. The van der Waals surface area contributed by atoms with E-state index in [2.05, 4.69) is 6.92 Å². The van der Waals surface area contributed by atoms with Crippen molar-refractivity contribution >= 4 is 23.2 Å². The van der Waals surface area contributed by atoms with E-state index in [1.54, 1.807) is 0 Å². The standard InChI is InChI=1S/C10H11Cl2N/c1-10(5-9(10)13)6-2-3-7(11)8(12)4-6/h2-4,9H,5,13H2,1H3. The molecule has 2 atom stereocenters. The zero-order chi connectivity index (χ0) is 9.64. The summed E-state index contributed by atoms with van der Waals surface area (Å²) in [6.07, 6.45) is 1.03. The van der Waals surface area contributed by atoms with Gasteiger partial charge >= 0.3 is 0 Å². The van der Waals surface area contributed by atoms with E-state index in [1.165, 1.54) is 5.56 Å². The third kappa shape index (κ3) is 1.45. The lowest BCUT2D eigenvalue weighted by Crippen LogP contribution is -2.14. The molecule has 3 heteroatoms. The van der Waals surface area contributed by atoms with Crippen LogP contribution in [0.2, 0.25) is 10.0 Å². The minimum absolute atomic E-state index is 0.119. The molecule has 0 bridgehead atoms. The van der Waals surface area contributed by atoms with Gasteiger partial charge in [0.1, 0.15) is 0 Å². The van der Waals surface area contributed by atoms with Crippen molar-refractivity contribution in [3.05, 3.63) is 33.8 Å². The fraction of sp³-hybridized carbons (Fsp3) is 0.400. The Labute approximate surface area is 87.8 Å². The Hall–Kier alpha value is -0.240. The van der Waals surface area contributed by atoms with Crippen molar-refractivity contribution in [2.45, 2.75) is 24.8 Å². The molecule has 70 valence electrons. The van der Waals surface area contributed by atoms with Crippen molar-refractivity contribution < 1.29 is 0 Å². The molecule has 0 radical (unpaired) electrons. The van der Waals surface area contributed by atoms with Crippen LogP contribution >= 0.6 is 23.2 Å². The molecule has 0 heterocycles. The molecule has 1 fully saturated rings. The summed E-state index contributed by atoms with van der Waals surface area (Å²) < 4.78 is 0. The summed E-state index contributed by atoms with van der Waals surface area (Å²) in [5.74, 6) is 0. The predicted octanol–water partition coefficient (Wildman–Crippen LogP) is 2.98. The topological polar surface area (TPSA) is 26.0 Å². The number of benzene rings is 1. The molecule has 1 nitrogen and oxygen atoms in total. The van der Waals surface area contributed by atoms with Crippen LogP contribution in [0.3, 0.4) is 0 Å². The molecular weight excluding hydrogens is 205 g/mol. The minimum Gasteiger partial charge on any atom is -0.327 e. The van der Waals surface area contributed by atoms with E-state index in [0.717, 1.165) is 6.42 Å². The summed E-state index contributed by atoms with van der Waals surface area (Å²) in [5, 5.41) is 1.21. The van der Waals surface area contributed by atoms with E-state index in [-0.39, 0.29) is 11.5 Å². The second-order valence-electron chi connectivity index (χ2n) is 3.86. The lowest BCUT2D eigenvalue weighted by atomic mass is 9.98. The summed E-state index contributed by atoms with van der Waals surface area (Å²) >= 11 is 11.7. The van der Waals surface area contributed by atoms with Gasteiger partial charge in [-0.2, -0.15) is 0 Å². The Kier molecular flexibility index (Phi) is 2.06. The van der Waals surface area contributed by atoms with Crippen LogP contribution in [0.25, 0.3) is 0 Å². The van der Waals surface area contributed by atoms with Gasteiger partial charge in [-0.3, -0.25) is 0 Å². The highest BCUT2D eigenvalue weighted by atomic mass is 35.5. The largest absolute Gasteiger partial charge is 0.327 e. The Morgan fingerprint density at radius 2 is 2.00 bits per heavy atom. The average Bonchev–Trinajstić information content (AvgIpc) is 2.67. The lowest BCUT2D eigenvalue weighted by Gasteiger charge is -2.10. The number of nitrogens with two attached hydrogens (primary N) is 1. The quantitative estimate of drug-likeness (QED) is 0.767. The molecule has 13 heavy (non-hydrogen) atoms. The van der Waals surface area contributed by atoms with E-state index >= 15 is 0 Å². The van der Waals surface area contributed by atoms with Crippen LogP contribution in [0.1, 0.15) is 18.9 Å². The molecule has 2 N–H and O–H groups in total. The lowest BCUT2D eigenvalue weighted by molar-refractivity contribution is 0.741. The zero-order valence-corrected chi connectivity index (χ0v) is 8.86. The number of rotatable bonds is 1. The Balaban J connectivity index is 2.38. The zero-order valence-electron chi connectivity index (χ0n) is 7.35. The summed E-state index contributed by atoms with van der Waals surface area (Å²) in [5.41, 5.74) is 7.15. The van der Waals surface area contributed by atoms with Gasteiger partial charge in [0.25, 0.3) is 0 Å². The van der Waals surface area contributed by atoms with Crippen LogP contribution in [0.4, 0.5) is 0 Å². The molecular formula is C10H11Cl2N. The average molecular weight is 216 g/mol. The van der Waals surface area contributed by atoms with Gasteiger partial charge in [-0.1, -0.05) is 36.2 Å². The maximum atomic E-state index is 5.92. The summed E-state index contributed by atoms with van der Waals surface area (Å²) in [6, 6.07) is 6.01. The molecule has 0 saturated heterocycles. The van der Waals surface area contributed by atoms with Crippen molar-refractivity contribution in [1.82, 2.24) is 0 Å². The van der Waals surface area contributed by atoms with E-state index in [4.69, 9.17) is 28.9 Å². The van der Waals surface area contributed by atoms with E-state index < -0.39 is 0 Å². The normalized spacial score (nSPS) is 31.8. The van der Waals surface area contributed by atoms with Crippen LogP contribution in [0.15, 0.2) is 18.2 Å². The van der Waals surface area contributed by atoms with Crippen LogP contribution in [0, 0.1) is 0 Å². The molecule has 0 aliphatic heterocycles. The highest BCUT2D eigenvalue weighted by molar-refractivity contribution is 6.42. The van der Waals surface area contributed by atoms with Crippen molar-refractivity contribution in [2.24, 2.45) is 5.73 Å². The van der Waals surface area contributed by atoms with Crippen LogP contribution < -0.4 is 5.73 Å². The first-order chi connectivity index (χ1) is 6.04. The molecule has 1 aromatic carbocycles. The molecule has 1 saturated carbocycles. The summed E-state index contributed by atoms with van der Waals surface area (Å²) in [4.78, 5) is 0. The van der Waals surface area contributed by atoms with Gasteiger partial charge in [0, 0.05) is 11.5 Å². The first-order valence-electron chi connectivity index (χ1n) is 4.25. The van der Waals surface area contributed by atoms with Crippen molar-refractivity contribution in [3.63, 3.8) is 0 Å². The molecule has 2 rings (SSSR count). The van der Waals surface area contributed by atoms with Gasteiger partial charge in [0.2, 0.25) is 0 Å². The Bertz CT molecular complexity index is 351. The Morgan fingerprint density at radius 1 is 1.38 bits per heavy atom. The van der Waals surface area contributed by atoms with Crippen molar-refractivity contribution in [1.29, 1.82) is 0 Å². The van der Waals surface area contributed by atoms with Gasteiger partial charge in [-0.15, -0.1) is 0 Å². The third-order valence-electron chi connectivity index (χ3n) is 2.88. The fourth-order valence-corrected chi connectivity index (χ4v) is 1.88. The number of halogens is 2. The monoisotopic (exact) mass is 215 g/mol. The fourth-order valence-electron chi connectivity index (χ4n) is 1.58. The van der Waals surface area contributed by atoms with E-state index in [1.807, 2.05) is 18.2 Å². The molecule has 0 spiro atoms.